The van der Waals surface area contributed by atoms with Crippen molar-refractivity contribution in [1.82, 2.24) is 15.2 Å². The Labute approximate surface area is 250 Å². The Morgan fingerprint density at radius 2 is 1.80 bits per heavy atom. The lowest BCUT2D eigenvalue weighted by molar-refractivity contribution is 0.0922. The zero-order valence-electron chi connectivity index (χ0n) is 23.0. The molecule has 1 aliphatic carbocycles. The summed E-state index contributed by atoms with van der Waals surface area (Å²) in [5.74, 6) is 0.524. The molecule has 0 aliphatic heterocycles. The summed E-state index contributed by atoms with van der Waals surface area (Å²) in [6.07, 6.45) is 4.73. The van der Waals surface area contributed by atoms with Gasteiger partial charge in [0, 0.05) is 28.6 Å². The van der Waals surface area contributed by atoms with Crippen molar-refractivity contribution in [3.8, 4) is 28.1 Å². The van der Waals surface area contributed by atoms with E-state index < -0.39 is 6.16 Å². The molecule has 0 atom stereocenters. The normalized spacial score (nSPS) is 13.1. The van der Waals surface area contributed by atoms with Crippen LogP contribution in [0.4, 0.5) is 4.79 Å². The van der Waals surface area contributed by atoms with Crippen LogP contribution in [0.1, 0.15) is 53.9 Å². The van der Waals surface area contributed by atoms with Crippen LogP contribution in [0.25, 0.3) is 22.4 Å². The third-order valence-electron chi connectivity index (χ3n) is 6.43. The van der Waals surface area contributed by atoms with E-state index in [0.717, 1.165) is 48.2 Å². The lowest BCUT2D eigenvalue weighted by Gasteiger charge is -2.22. The first-order valence-corrected chi connectivity index (χ1v) is 14.3. The van der Waals surface area contributed by atoms with Gasteiger partial charge in [-0.25, -0.2) is 9.78 Å². The van der Waals surface area contributed by atoms with Crippen LogP contribution in [0.2, 0.25) is 5.02 Å². The molecule has 4 rings (SSSR count). The molecule has 0 radical (unpaired) electrons. The van der Waals surface area contributed by atoms with Crippen LogP contribution < -0.4 is 10.1 Å². The number of benzene rings is 1. The highest BCUT2D eigenvalue weighted by Gasteiger charge is 2.20. The summed E-state index contributed by atoms with van der Waals surface area (Å²) in [7, 11) is 4.09. The Kier molecular flexibility index (Phi) is 13.7. The van der Waals surface area contributed by atoms with Crippen LogP contribution in [0, 0.1) is 6.92 Å². The number of carbonyl (C=O) groups is 2. The molecule has 1 aromatic carbocycles. The first-order chi connectivity index (χ1) is 18.7. The van der Waals surface area contributed by atoms with E-state index in [2.05, 4.69) is 28.6 Å². The number of amides is 1. The summed E-state index contributed by atoms with van der Waals surface area (Å²) in [6, 6.07) is 11.9. The van der Waals surface area contributed by atoms with E-state index in [0.29, 0.717) is 23.1 Å². The zero-order chi connectivity index (χ0) is 28.4. The minimum atomic E-state index is -1.83. The van der Waals surface area contributed by atoms with E-state index in [4.69, 9.17) is 36.3 Å². The van der Waals surface area contributed by atoms with E-state index in [1.807, 2.05) is 44.4 Å². The summed E-state index contributed by atoms with van der Waals surface area (Å²) in [5.41, 5.74) is 4.20. The molecule has 1 amide bonds. The van der Waals surface area contributed by atoms with Crippen molar-refractivity contribution in [3.63, 3.8) is 0 Å². The number of carbonyl (C=O) groups excluding carboxylic acids is 1. The van der Waals surface area contributed by atoms with Gasteiger partial charge in [0.1, 0.15) is 11.4 Å². The van der Waals surface area contributed by atoms with E-state index in [1.54, 1.807) is 11.3 Å². The second-order valence-corrected chi connectivity index (χ2v) is 11.3. The second kappa shape index (κ2) is 16.4. The second-order valence-electron chi connectivity index (χ2n) is 9.72. The Morgan fingerprint density at radius 1 is 1.10 bits per heavy atom. The fourth-order valence-electron chi connectivity index (χ4n) is 4.52. The number of thiophene rings is 1. The third kappa shape index (κ3) is 9.96. The molecule has 0 unspecified atom stereocenters. The van der Waals surface area contributed by atoms with E-state index in [-0.39, 0.29) is 24.4 Å². The summed E-state index contributed by atoms with van der Waals surface area (Å²) in [6.45, 7) is 3.63. The van der Waals surface area contributed by atoms with Crippen LogP contribution in [0.3, 0.4) is 0 Å². The Balaban J connectivity index is 0.00000105. The Morgan fingerprint density at radius 3 is 2.42 bits per heavy atom. The number of rotatable bonds is 9. The first kappa shape index (κ1) is 33.4. The first-order valence-electron chi connectivity index (χ1n) is 13.0. The molecule has 218 valence electrons. The van der Waals surface area contributed by atoms with Crippen molar-refractivity contribution in [2.75, 3.05) is 27.2 Å². The van der Waals surface area contributed by atoms with Gasteiger partial charge in [0.25, 0.3) is 5.91 Å². The van der Waals surface area contributed by atoms with Gasteiger partial charge >= 0.3 is 6.16 Å². The SMILES string of the molecule is Cc1sccc1-c1ccc(C(=O)NC2CCCCC2)nc1-c1ccc(Cl)c(OCCCN(C)C)c1.Cl.O=C(O)O. The summed E-state index contributed by atoms with van der Waals surface area (Å²) in [5, 5.41) is 19.8. The molecule has 0 spiro atoms. The molecular weight excluding hydrogens is 573 g/mol. The van der Waals surface area contributed by atoms with E-state index >= 15 is 0 Å². The number of ether oxygens (including phenoxy) is 1. The fourth-order valence-corrected chi connectivity index (χ4v) is 5.40. The number of carboxylic acid groups (broad SMARTS) is 2. The largest absolute Gasteiger partial charge is 0.503 e. The average molecular weight is 611 g/mol. The number of aryl methyl sites for hydroxylation is 1. The molecule has 11 heteroatoms. The van der Waals surface area contributed by atoms with Gasteiger partial charge in [-0.3, -0.25) is 4.79 Å². The molecule has 40 heavy (non-hydrogen) atoms. The van der Waals surface area contributed by atoms with Crippen LogP contribution in [0.15, 0.2) is 41.8 Å². The minimum absolute atomic E-state index is 0. The predicted octanol–water partition coefficient (Wildman–Crippen LogP) is 7.48. The fraction of sp³-hybridized carbons (Fsp3) is 0.414. The van der Waals surface area contributed by atoms with Crippen LogP contribution >= 0.6 is 35.3 Å². The highest BCUT2D eigenvalue weighted by molar-refractivity contribution is 7.10. The lowest BCUT2D eigenvalue weighted by Crippen LogP contribution is -2.36. The smallest absolute Gasteiger partial charge is 0.492 e. The highest BCUT2D eigenvalue weighted by Crippen LogP contribution is 2.37. The summed E-state index contributed by atoms with van der Waals surface area (Å²) < 4.78 is 6.02. The number of nitrogens with one attached hydrogen (secondary N) is 1. The van der Waals surface area contributed by atoms with Crippen molar-refractivity contribution in [1.29, 1.82) is 0 Å². The van der Waals surface area contributed by atoms with Crippen LogP contribution in [0.5, 0.6) is 5.75 Å². The molecule has 0 bridgehead atoms. The number of hydrogen-bond acceptors (Lipinski definition) is 6. The van der Waals surface area contributed by atoms with Gasteiger partial charge in [0.05, 0.1) is 17.3 Å². The molecule has 8 nitrogen and oxygen atoms in total. The maximum atomic E-state index is 13.1. The molecule has 1 fully saturated rings. The number of halogens is 2. The number of pyridine rings is 1. The van der Waals surface area contributed by atoms with Gasteiger partial charge in [-0.15, -0.1) is 23.7 Å². The van der Waals surface area contributed by atoms with Gasteiger partial charge < -0.3 is 25.2 Å². The van der Waals surface area contributed by atoms with Gasteiger partial charge in [-0.2, -0.15) is 0 Å². The number of hydrogen-bond donors (Lipinski definition) is 3. The van der Waals surface area contributed by atoms with Gasteiger partial charge in [-0.1, -0.05) is 36.9 Å². The van der Waals surface area contributed by atoms with E-state index in [9.17, 15) is 4.79 Å². The number of nitrogens with zero attached hydrogens (tertiary/aromatic N) is 2. The predicted molar refractivity (Wildman–Crippen MR) is 164 cm³/mol. The van der Waals surface area contributed by atoms with Crippen molar-refractivity contribution in [2.24, 2.45) is 0 Å². The molecule has 1 aliphatic rings. The summed E-state index contributed by atoms with van der Waals surface area (Å²) >= 11 is 8.16. The maximum Gasteiger partial charge on any atom is 0.503 e. The molecule has 1 saturated carbocycles. The van der Waals surface area contributed by atoms with Gasteiger partial charge in [0.2, 0.25) is 0 Å². The Hall–Kier alpha value is -2.85. The van der Waals surface area contributed by atoms with Crippen molar-refractivity contribution in [3.05, 3.63) is 57.4 Å². The zero-order valence-corrected chi connectivity index (χ0v) is 25.4. The average Bonchev–Trinajstić information content (AvgIpc) is 3.33. The van der Waals surface area contributed by atoms with Crippen molar-refractivity contribution in [2.45, 2.75) is 51.5 Å². The highest BCUT2D eigenvalue weighted by atomic mass is 35.5. The summed E-state index contributed by atoms with van der Waals surface area (Å²) in [4.78, 5) is 29.9. The van der Waals surface area contributed by atoms with Crippen molar-refractivity contribution < 1.29 is 24.5 Å². The van der Waals surface area contributed by atoms with Gasteiger partial charge in [-0.05, 0) is 81.6 Å². The standard InChI is InChI=1S/C28H34ClN3O2S.CH2O3.ClH/c1-19-22(14-17-35-19)23-11-13-25(28(33)30-21-8-5-4-6-9-21)31-27(23)20-10-12-24(29)26(18-20)34-16-7-15-32(2)3;2-1(3)4;/h10-14,17-18,21H,4-9,15-16H2,1-3H3,(H,30,33);(H2,2,3,4);1H. The number of aromatic nitrogens is 1. The van der Waals surface area contributed by atoms with Gasteiger partial charge in [0.15, 0.2) is 0 Å². The van der Waals surface area contributed by atoms with Crippen LogP contribution in [-0.4, -0.2) is 65.4 Å². The quantitative estimate of drug-likeness (QED) is 0.216. The molecule has 0 saturated heterocycles. The lowest BCUT2D eigenvalue weighted by atomic mass is 9.95. The van der Waals surface area contributed by atoms with Crippen molar-refractivity contribution >= 4 is 47.4 Å². The molecule has 3 aromatic rings. The molecule has 3 N–H and O–H groups in total. The maximum absolute atomic E-state index is 13.1. The minimum Gasteiger partial charge on any atom is -0.492 e. The molecular formula is C29H37Cl2N3O5S. The van der Waals surface area contributed by atoms with E-state index in [1.165, 1.54) is 24.1 Å². The van der Waals surface area contributed by atoms with Crippen LogP contribution in [-0.2, 0) is 0 Å². The third-order valence-corrected chi connectivity index (χ3v) is 7.59. The monoisotopic (exact) mass is 609 g/mol. The topological polar surface area (TPSA) is 112 Å². The molecule has 2 aromatic heterocycles. The Bertz CT molecular complexity index is 1260. The molecule has 2 heterocycles.